The number of aryl methyl sites for hydroxylation is 1. The highest BCUT2D eigenvalue weighted by Crippen LogP contribution is 2.17. The molecule has 142 valence electrons. The van der Waals surface area contributed by atoms with E-state index in [4.69, 9.17) is 0 Å². The Labute approximate surface area is 173 Å². The van der Waals surface area contributed by atoms with Crippen molar-refractivity contribution >= 4 is 33.4 Å². The summed E-state index contributed by atoms with van der Waals surface area (Å²) in [6, 6.07) is 22.6. The predicted molar refractivity (Wildman–Crippen MR) is 115 cm³/mol. The quantitative estimate of drug-likeness (QED) is 0.578. The third-order valence-corrected chi connectivity index (χ3v) is 4.83. The number of hydrogen-bond acceptors (Lipinski definition) is 2. The van der Waals surface area contributed by atoms with Crippen LogP contribution in [0.25, 0.3) is 0 Å². The Bertz CT molecular complexity index is 967. The summed E-state index contributed by atoms with van der Waals surface area (Å²) in [5.41, 5.74) is 4.05. The average Bonchev–Trinajstić information content (AvgIpc) is 2.69. The Morgan fingerprint density at radius 3 is 2.21 bits per heavy atom. The molecule has 3 rings (SSSR count). The number of hydrogen-bond donors (Lipinski definition) is 2. The molecule has 0 unspecified atom stereocenters. The molecule has 3 aromatic carbocycles. The Balaban J connectivity index is 1.64. The first kappa shape index (κ1) is 19.8. The molecule has 3 aromatic rings. The topological polar surface area (TPSA) is 58.2 Å². The van der Waals surface area contributed by atoms with Gasteiger partial charge < -0.3 is 10.6 Å². The first-order valence-electron chi connectivity index (χ1n) is 8.98. The zero-order chi connectivity index (χ0) is 19.9. The lowest BCUT2D eigenvalue weighted by Crippen LogP contribution is -2.25. The maximum Gasteiger partial charge on any atom is 0.253 e. The first-order valence-corrected chi connectivity index (χ1v) is 9.77. The van der Waals surface area contributed by atoms with E-state index in [2.05, 4.69) is 26.6 Å². The van der Waals surface area contributed by atoms with Crippen molar-refractivity contribution in [2.45, 2.75) is 19.9 Å². The average molecular weight is 437 g/mol. The summed E-state index contributed by atoms with van der Waals surface area (Å²) in [5.74, 6) is -0.388. The standard InChI is InChI=1S/C23H21BrN2O2/c1-16-6-8-18(9-7-16)15-25-23(28)20-4-2-3-5-21(20)26-22(27)14-17-10-12-19(24)13-11-17/h2-13H,14-15H2,1H3,(H,25,28)(H,26,27). The second kappa shape index (κ2) is 9.33. The van der Waals surface area contributed by atoms with Gasteiger partial charge in [0.2, 0.25) is 5.91 Å². The second-order valence-corrected chi connectivity index (χ2v) is 7.48. The van der Waals surface area contributed by atoms with Gasteiger partial charge in [0.25, 0.3) is 5.91 Å². The summed E-state index contributed by atoms with van der Waals surface area (Å²) in [6.07, 6.45) is 0.243. The molecule has 0 saturated heterocycles. The molecule has 5 heteroatoms. The summed E-state index contributed by atoms with van der Waals surface area (Å²) in [5, 5.41) is 5.76. The fourth-order valence-electron chi connectivity index (χ4n) is 2.76. The molecule has 0 heterocycles. The summed E-state index contributed by atoms with van der Waals surface area (Å²) in [4.78, 5) is 25.0. The molecular weight excluding hydrogens is 416 g/mol. The molecule has 0 aliphatic carbocycles. The number of amides is 2. The highest BCUT2D eigenvalue weighted by Gasteiger charge is 2.13. The van der Waals surface area contributed by atoms with Gasteiger partial charge in [-0.25, -0.2) is 0 Å². The smallest absolute Gasteiger partial charge is 0.253 e. The van der Waals surface area contributed by atoms with Crippen LogP contribution < -0.4 is 10.6 Å². The van der Waals surface area contributed by atoms with Crippen LogP contribution in [0.3, 0.4) is 0 Å². The molecule has 4 nitrogen and oxygen atoms in total. The minimum absolute atomic E-state index is 0.166. The van der Waals surface area contributed by atoms with Crippen LogP contribution in [0, 0.1) is 6.92 Å². The number of para-hydroxylation sites is 1. The fraction of sp³-hybridized carbons (Fsp3) is 0.130. The molecule has 28 heavy (non-hydrogen) atoms. The van der Waals surface area contributed by atoms with Gasteiger partial charge in [-0.15, -0.1) is 0 Å². The van der Waals surface area contributed by atoms with Crippen LogP contribution in [-0.2, 0) is 17.8 Å². The minimum Gasteiger partial charge on any atom is -0.348 e. The molecule has 0 spiro atoms. The van der Waals surface area contributed by atoms with Gasteiger partial charge >= 0.3 is 0 Å². The van der Waals surface area contributed by atoms with Crippen molar-refractivity contribution in [3.8, 4) is 0 Å². The Hall–Kier alpha value is -2.92. The maximum absolute atomic E-state index is 12.6. The van der Waals surface area contributed by atoms with Crippen LogP contribution in [0.15, 0.2) is 77.3 Å². The lowest BCUT2D eigenvalue weighted by Gasteiger charge is -2.12. The number of nitrogens with one attached hydrogen (secondary N) is 2. The Kier molecular flexibility index (Phi) is 6.61. The first-order chi connectivity index (χ1) is 13.5. The van der Waals surface area contributed by atoms with Gasteiger partial charge in [0.05, 0.1) is 17.7 Å². The summed E-state index contributed by atoms with van der Waals surface area (Å²) in [7, 11) is 0. The lowest BCUT2D eigenvalue weighted by atomic mass is 10.1. The number of halogens is 1. The van der Waals surface area contributed by atoms with E-state index >= 15 is 0 Å². The number of carbonyl (C=O) groups excluding carboxylic acids is 2. The van der Waals surface area contributed by atoms with Gasteiger partial charge in [-0.1, -0.05) is 70.0 Å². The zero-order valence-electron chi connectivity index (χ0n) is 15.5. The number of anilines is 1. The summed E-state index contributed by atoms with van der Waals surface area (Å²) >= 11 is 3.38. The van der Waals surface area contributed by atoms with Crippen LogP contribution in [0.1, 0.15) is 27.0 Å². The van der Waals surface area contributed by atoms with Gasteiger partial charge in [-0.3, -0.25) is 9.59 Å². The van der Waals surface area contributed by atoms with Crippen LogP contribution in [0.5, 0.6) is 0 Å². The monoisotopic (exact) mass is 436 g/mol. The van der Waals surface area contributed by atoms with Gasteiger partial charge in [0.15, 0.2) is 0 Å². The van der Waals surface area contributed by atoms with E-state index in [1.54, 1.807) is 24.3 Å². The molecule has 0 aliphatic heterocycles. The highest BCUT2D eigenvalue weighted by atomic mass is 79.9. The molecule has 0 saturated carbocycles. The largest absolute Gasteiger partial charge is 0.348 e. The van der Waals surface area contributed by atoms with E-state index in [1.807, 2.05) is 55.5 Å². The van der Waals surface area contributed by atoms with Crippen molar-refractivity contribution in [1.29, 1.82) is 0 Å². The normalized spacial score (nSPS) is 10.4. The van der Waals surface area contributed by atoms with Gasteiger partial charge in [0, 0.05) is 11.0 Å². The third-order valence-electron chi connectivity index (χ3n) is 4.30. The molecule has 0 bridgehead atoms. The summed E-state index contributed by atoms with van der Waals surface area (Å²) in [6.45, 7) is 2.45. The van der Waals surface area contributed by atoms with Crippen molar-refractivity contribution < 1.29 is 9.59 Å². The number of rotatable bonds is 6. The zero-order valence-corrected chi connectivity index (χ0v) is 17.1. The van der Waals surface area contributed by atoms with E-state index in [9.17, 15) is 9.59 Å². The van der Waals surface area contributed by atoms with Gasteiger partial charge in [0.1, 0.15) is 0 Å². The van der Waals surface area contributed by atoms with E-state index in [0.717, 1.165) is 15.6 Å². The summed E-state index contributed by atoms with van der Waals surface area (Å²) < 4.78 is 0.965. The molecule has 0 aromatic heterocycles. The lowest BCUT2D eigenvalue weighted by molar-refractivity contribution is -0.115. The van der Waals surface area contributed by atoms with E-state index in [0.29, 0.717) is 17.8 Å². The Morgan fingerprint density at radius 2 is 1.50 bits per heavy atom. The molecular formula is C23H21BrN2O2. The Morgan fingerprint density at radius 1 is 0.857 bits per heavy atom. The molecule has 2 amide bonds. The SMILES string of the molecule is Cc1ccc(CNC(=O)c2ccccc2NC(=O)Cc2ccc(Br)cc2)cc1. The fourth-order valence-corrected chi connectivity index (χ4v) is 3.02. The maximum atomic E-state index is 12.6. The van der Waals surface area contributed by atoms with Crippen molar-refractivity contribution in [2.24, 2.45) is 0 Å². The van der Waals surface area contributed by atoms with Crippen LogP contribution in [0.4, 0.5) is 5.69 Å². The van der Waals surface area contributed by atoms with E-state index in [1.165, 1.54) is 5.56 Å². The van der Waals surface area contributed by atoms with Crippen LogP contribution >= 0.6 is 15.9 Å². The minimum atomic E-state index is -0.222. The molecule has 2 N–H and O–H groups in total. The molecule has 0 radical (unpaired) electrons. The molecule has 0 aliphatic rings. The van der Waals surface area contributed by atoms with Crippen LogP contribution in [0.2, 0.25) is 0 Å². The van der Waals surface area contributed by atoms with Crippen molar-refractivity contribution in [3.05, 3.63) is 99.5 Å². The van der Waals surface area contributed by atoms with Gasteiger partial charge in [-0.05, 0) is 42.3 Å². The van der Waals surface area contributed by atoms with Crippen molar-refractivity contribution in [2.75, 3.05) is 5.32 Å². The predicted octanol–water partition coefficient (Wildman–Crippen LogP) is 4.87. The second-order valence-electron chi connectivity index (χ2n) is 6.57. The number of benzene rings is 3. The van der Waals surface area contributed by atoms with Crippen molar-refractivity contribution in [3.63, 3.8) is 0 Å². The number of carbonyl (C=O) groups is 2. The van der Waals surface area contributed by atoms with Gasteiger partial charge in [-0.2, -0.15) is 0 Å². The molecule has 0 fully saturated rings. The third kappa shape index (κ3) is 5.54. The van der Waals surface area contributed by atoms with Crippen LogP contribution in [-0.4, -0.2) is 11.8 Å². The highest BCUT2D eigenvalue weighted by molar-refractivity contribution is 9.10. The van der Waals surface area contributed by atoms with Crippen molar-refractivity contribution in [1.82, 2.24) is 5.32 Å². The molecule has 0 atom stereocenters. The van der Waals surface area contributed by atoms with E-state index < -0.39 is 0 Å². The van der Waals surface area contributed by atoms with E-state index in [-0.39, 0.29) is 18.2 Å².